The summed E-state index contributed by atoms with van der Waals surface area (Å²) in [4.78, 5) is 0.215. The monoisotopic (exact) mass is 306 g/mol. The van der Waals surface area contributed by atoms with Gasteiger partial charge in [0.1, 0.15) is 4.90 Å². The number of aryl methyl sites for hydroxylation is 1. The van der Waals surface area contributed by atoms with E-state index < -0.39 is 10.0 Å². The summed E-state index contributed by atoms with van der Waals surface area (Å²) in [6.45, 7) is 2.96. The molecule has 1 unspecified atom stereocenters. The molecule has 1 atom stereocenters. The van der Waals surface area contributed by atoms with E-state index >= 15 is 0 Å². The fourth-order valence-electron chi connectivity index (χ4n) is 2.67. The van der Waals surface area contributed by atoms with Crippen LogP contribution < -0.4 is 10.0 Å². The summed E-state index contributed by atoms with van der Waals surface area (Å²) in [5.74, 6) is 0.342. The lowest BCUT2D eigenvalue weighted by molar-refractivity contribution is 0.572. The van der Waals surface area contributed by atoms with Crippen molar-refractivity contribution in [2.24, 2.45) is 0 Å². The van der Waals surface area contributed by atoms with Gasteiger partial charge in [0.2, 0.25) is 10.0 Å². The van der Waals surface area contributed by atoms with Gasteiger partial charge in [0.05, 0.1) is 11.9 Å². The molecule has 1 aliphatic rings. The SMILES string of the molecule is Cc1[nH]ncc1S(=O)(=O)NCCC1CNc2ccccc21. The van der Waals surface area contributed by atoms with Gasteiger partial charge in [-0.1, -0.05) is 18.2 Å². The number of anilines is 1. The van der Waals surface area contributed by atoms with Crippen molar-refractivity contribution in [2.75, 3.05) is 18.4 Å². The summed E-state index contributed by atoms with van der Waals surface area (Å²) in [5, 5.41) is 9.73. The fraction of sp³-hybridized carbons (Fsp3) is 0.357. The highest BCUT2D eigenvalue weighted by molar-refractivity contribution is 7.89. The van der Waals surface area contributed by atoms with Crippen LogP contribution in [-0.2, 0) is 10.0 Å². The van der Waals surface area contributed by atoms with Crippen molar-refractivity contribution in [3.05, 3.63) is 41.7 Å². The van der Waals surface area contributed by atoms with E-state index in [1.165, 1.54) is 11.8 Å². The molecular formula is C14H18N4O2S. The van der Waals surface area contributed by atoms with Gasteiger partial charge in [-0.25, -0.2) is 13.1 Å². The molecule has 0 saturated carbocycles. The van der Waals surface area contributed by atoms with Gasteiger partial charge in [-0.2, -0.15) is 5.10 Å². The number of hydrogen-bond donors (Lipinski definition) is 3. The number of benzene rings is 1. The Kier molecular flexibility index (Phi) is 3.69. The lowest BCUT2D eigenvalue weighted by atomic mass is 9.98. The molecule has 7 heteroatoms. The molecule has 0 spiro atoms. The Bertz CT molecular complexity index is 739. The van der Waals surface area contributed by atoms with Crippen LogP contribution in [0.1, 0.15) is 23.6 Å². The number of nitrogens with zero attached hydrogens (tertiary/aromatic N) is 1. The Balaban J connectivity index is 1.62. The first kappa shape index (κ1) is 14.1. The minimum atomic E-state index is -3.48. The van der Waals surface area contributed by atoms with Crippen LogP contribution in [0.5, 0.6) is 0 Å². The lowest BCUT2D eigenvalue weighted by Gasteiger charge is -2.11. The van der Waals surface area contributed by atoms with Gasteiger partial charge in [0.15, 0.2) is 0 Å². The summed E-state index contributed by atoms with van der Waals surface area (Å²) in [5.41, 5.74) is 2.96. The number of fused-ring (bicyclic) bond motifs is 1. The van der Waals surface area contributed by atoms with E-state index in [0.29, 0.717) is 18.2 Å². The van der Waals surface area contributed by atoms with E-state index in [1.807, 2.05) is 18.2 Å². The maximum atomic E-state index is 12.1. The highest BCUT2D eigenvalue weighted by atomic mass is 32.2. The van der Waals surface area contributed by atoms with Crippen LogP contribution in [0.2, 0.25) is 0 Å². The zero-order chi connectivity index (χ0) is 14.9. The predicted octanol–water partition coefficient (Wildman–Crippen LogP) is 1.60. The molecule has 112 valence electrons. The molecule has 0 aliphatic carbocycles. The first-order chi connectivity index (χ1) is 10.1. The largest absolute Gasteiger partial charge is 0.384 e. The summed E-state index contributed by atoms with van der Waals surface area (Å²) in [7, 11) is -3.48. The van der Waals surface area contributed by atoms with E-state index in [-0.39, 0.29) is 4.90 Å². The Morgan fingerprint density at radius 3 is 2.95 bits per heavy atom. The van der Waals surface area contributed by atoms with Crippen LogP contribution in [0.15, 0.2) is 35.4 Å². The first-order valence-corrected chi connectivity index (χ1v) is 8.38. The molecule has 3 N–H and O–H groups in total. The first-order valence-electron chi connectivity index (χ1n) is 6.90. The van der Waals surface area contributed by atoms with E-state index in [4.69, 9.17) is 0 Å². The third-order valence-electron chi connectivity index (χ3n) is 3.80. The van der Waals surface area contributed by atoms with E-state index in [9.17, 15) is 8.42 Å². The molecule has 2 heterocycles. The quantitative estimate of drug-likeness (QED) is 0.783. The normalized spacial score (nSPS) is 17.5. The van der Waals surface area contributed by atoms with Crippen LogP contribution in [0.4, 0.5) is 5.69 Å². The third kappa shape index (κ3) is 2.79. The Morgan fingerprint density at radius 2 is 2.19 bits per heavy atom. The van der Waals surface area contributed by atoms with Crippen molar-refractivity contribution in [2.45, 2.75) is 24.2 Å². The van der Waals surface area contributed by atoms with Gasteiger partial charge in [0, 0.05) is 24.7 Å². The van der Waals surface area contributed by atoms with Gasteiger partial charge in [0.25, 0.3) is 0 Å². The number of hydrogen-bond acceptors (Lipinski definition) is 4. The van der Waals surface area contributed by atoms with Crippen LogP contribution in [0.3, 0.4) is 0 Å². The predicted molar refractivity (Wildman–Crippen MR) is 80.8 cm³/mol. The highest BCUT2D eigenvalue weighted by Crippen LogP contribution is 2.32. The molecule has 2 aromatic rings. The third-order valence-corrected chi connectivity index (χ3v) is 5.37. The fourth-order valence-corrected chi connectivity index (χ4v) is 3.85. The number of nitrogens with one attached hydrogen (secondary N) is 3. The molecule has 3 rings (SSSR count). The molecule has 0 bridgehead atoms. The topological polar surface area (TPSA) is 86.9 Å². The zero-order valence-corrected chi connectivity index (χ0v) is 12.6. The second-order valence-corrected chi connectivity index (χ2v) is 6.95. The second kappa shape index (κ2) is 5.50. The number of H-pyrrole nitrogens is 1. The van der Waals surface area contributed by atoms with Gasteiger partial charge < -0.3 is 5.32 Å². The maximum absolute atomic E-state index is 12.1. The molecule has 0 saturated heterocycles. The Labute approximate surface area is 124 Å². The molecule has 6 nitrogen and oxygen atoms in total. The van der Waals surface area contributed by atoms with Crippen LogP contribution in [0, 0.1) is 6.92 Å². The minimum Gasteiger partial charge on any atom is -0.384 e. The molecule has 0 amide bonds. The molecule has 0 fully saturated rings. The molecule has 21 heavy (non-hydrogen) atoms. The number of aromatic amines is 1. The summed E-state index contributed by atoms with van der Waals surface area (Å²) in [6, 6.07) is 8.15. The van der Waals surface area contributed by atoms with Crippen molar-refractivity contribution >= 4 is 15.7 Å². The lowest BCUT2D eigenvalue weighted by Crippen LogP contribution is -2.26. The van der Waals surface area contributed by atoms with E-state index in [2.05, 4.69) is 26.3 Å². The Hall–Kier alpha value is -1.86. The van der Waals surface area contributed by atoms with Gasteiger partial charge in [-0.05, 0) is 25.0 Å². The molecule has 0 radical (unpaired) electrons. The maximum Gasteiger partial charge on any atom is 0.243 e. The van der Waals surface area contributed by atoms with Gasteiger partial charge in [-0.15, -0.1) is 0 Å². The van der Waals surface area contributed by atoms with Crippen molar-refractivity contribution in [1.82, 2.24) is 14.9 Å². The minimum absolute atomic E-state index is 0.215. The average molecular weight is 306 g/mol. The van der Waals surface area contributed by atoms with E-state index in [0.717, 1.165) is 18.7 Å². The van der Waals surface area contributed by atoms with Gasteiger partial charge in [-0.3, -0.25) is 5.10 Å². The van der Waals surface area contributed by atoms with Crippen LogP contribution in [-0.4, -0.2) is 31.7 Å². The molecule has 1 aliphatic heterocycles. The summed E-state index contributed by atoms with van der Waals surface area (Å²) < 4.78 is 26.9. The number of para-hydroxylation sites is 1. The highest BCUT2D eigenvalue weighted by Gasteiger charge is 2.23. The standard InChI is InChI=1S/C14H18N4O2S/c1-10-14(9-16-18-10)21(19,20)17-7-6-11-8-15-13-5-3-2-4-12(11)13/h2-5,9,11,15,17H,6-8H2,1H3,(H,16,18). The van der Waals surface area contributed by atoms with Crippen LogP contribution in [0.25, 0.3) is 0 Å². The van der Waals surface area contributed by atoms with Crippen molar-refractivity contribution < 1.29 is 8.42 Å². The van der Waals surface area contributed by atoms with Crippen molar-refractivity contribution in [3.8, 4) is 0 Å². The van der Waals surface area contributed by atoms with Crippen molar-refractivity contribution in [1.29, 1.82) is 0 Å². The Morgan fingerprint density at radius 1 is 1.38 bits per heavy atom. The molecule has 1 aromatic carbocycles. The number of sulfonamides is 1. The van der Waals surface area contributed by atoms with Crippen LogP contribution >= 0.6 is 0 Å². The number of rotatable bonds is 5. The van der Waals surface area contributed by atoms with E-state index in [1.54, 1.807) is 6.92 Å². The molecule has 1 aromatic heterocycles. The summed E-state index contributed by atoms with van der Waals surface area (Å²) in [6.07, 6.45) is 2.10. The summed E-state index contributed by atoms with van der Waals surface area (Å²) >= 11 is 0. The molecular weight excluding hydrogens is 288 g/mol. The average Bonchev–Trinajstić information content (AvgIpc) is 3.06. The number of aromatic nitrogens is 2. The van der Waals surface area contributed by atoms with Crippen molar-refractivity contribution in [3.63, 3.8) is 0 Å². The van der Waals surface area contributed by atoms with Gasteiger partial charge >= 0.3 is 0 Å². The zero-order valence-electron chi connectivity index (χ0n) is 11.8. The smallest absolute Gasteiger partial charge is 0.243 e. The second-order valence-electron chi connectivity index (χ2n) is 5.21.